The van der Waals surface area contributed by atoms with Gasteiger partial charge in [-0.15, -0.1) is 5.10 Å². The maximum absolute atomic E-state index is 5.77. The van der Waals surface area contributed by atoms with Gasteiger partial charge in [0.25, 0.3) is 0 Å². The number of aromatic nitrogens is 4. The summed E-state index contributed by atoms with van der Waals surface area (Å²) in [5, 5.41) is 12.1. The molecule has 6 heteroatoms. The maximum Gasteiger partial charge on any atom is 0.186 e. The molecule has 6 nitrogen and oxygen atoms in total. The van der Waals surface area contributed by atoms with Crippen LogP contribution in [0.15, 0.2) is 18.2 Å². The molecule has 1 fully saturated rings. The molecule has 0 amide bonds. The van der Waals surface area contributed by atoms with Crippen molar-refractivity contribution in [3.05, 3.63) is 18.2 Å². The smallest absolute Gasteiger partial charge is 0.186 e. The van der Waals surface area contributed by atoms with Gasteiger partial charge in [0.05, 0.1) is 18.7 Å². The van der Waals surface area contributed by atoms with Gasteiger partial charge in [0.2, 0.25) is 0 Å². The van der Waals surface area contributed by atoms with E-state index in [-0.39, 0.29) is 0 Å². The molecule has 1 heterocycles. The summed E-state index contributed by atoms with van der Waals surface area (Å²) in [5.41, 5.74) is 7.31. The first-order valence-corrected chi connectivity index (χ1v) is 6.42. The molecular formula is C13H17N5O. The van der Waals surface area contributed by atoms with E-state index in [4.69, 9.17) is 10.5 Å². The maximum atomic E-state index is 5.77. The predicted molar refractivity (Wildman–Crippen MR) is 71.7 cm³/mol. The first-order chi connectivity index (χ1) is 9.20. The topological polar surface area (TPSA) is 78.8 Å². The summed E-state index contributed by atoms with van der Waals surface area (Å²) in [6.07, 6.45) is 2.50. The molecule has 1 aliphatic rings. The van der Waals surface area contributed by atoms with Crippen molar-refractivity contribution in [3.63, 3.8) is 0 Å². The van der Waals surface area contributed by atoms with Crippen molar-refractivity contribution in [2.45, 2.75) is 25.8 Å². The fourth-order valence-electron chi connectivity index (χ4n) is 2.32. The molecule has 1 atom stereocenters. The van der Waals surface area contributed by atoms with Gasteiger partial charge >= 0.3 is 0 Å². The molecule has 100 valence electrons. The number of ether oxygens (including phenoxy) is 1. The van der Waals surface area contributed by atoms with Crippen molar-refractivity contribution >= 4 is 5.69 Å². The third kappa shape index (κ3) is 2.14. The molecule has 3 rings (SSSR count). The van der Waals surface area contributed by atoms with E-state index in [1.807, 2.05) is 16.8 Å². The second kappa shape index (κ2) is 4.53. The highest BCUT2D eigenvalue weighted by molar-refractivity contribution is 5.67. The minimum atomic E-state index is 0.312. The van der Waals surface area contributed by atoms with Crippen molar-refractivity contribution in [3.8, 4) is 17.1 Å². The minimum absolute atomic E-state index is 0.312. The number of nitrogens with zero attached hydrogens (tertiary/aromatic N) is 4. The molecule has 1 unspecified atom stereocenters. The fourth-order valence-corrected chi connectivity index (χ4v) is 2.32. The number of tetrazole rings is 1. The molecule has 1 aliphatic carbocycles. The lowest BCUT2D eigenvalue weighted by molar-refractivity contribution is 0.412. The Kier molecular flexibility index (Phi) is 2.85. The molecule has 0 saturated heterocycles. The zero-order chi connectivity index (χ0) is 13.4. The molecule has 1 saturated carbocycles. The second-order valence-corrected chi connectivity index (χ2v) is 4.98. The Morgan fingerprint density at radius 2 is 2.21 bits per heavy atom. The van der Waals surface area contributed by atoms with Gasteiger partial charge in [-0.25, -0.2) is 4.68 Å². The minimum Gasteiger partial charge on any atom is -0.496 e. The van der Waals surface area contributed by atoms with Crippen molar-refractivity contribution in [2.24, 2.45) is 5.92 Å². The Balaban J connectivity index is 2.04. The number of methoxy groups -OCH3 is 1. The average molecular weight is 259 g/mol. The highest BCUT2D eigenvalue weighted by atomic mass is 16.5. The summed E-state index contributed by atoms with van der Waals surface area (Å²) in [4.78, 5) is 0. The highest BCUT2D eigenvalue weighted by Crippen LogP contribution is 2.41. The second-order valence-electron chi connectivity index (χ2n) is 4.98. The SMILES string of the molecule is COc1cc(N)ccc1-c1nnnn1C(C)C1CC1. The normalized spacial score (nSPS) is 16.3. The summed E-state index contributed by atoms with van der Waals surface area (Å²) in [6, 6.07) is 5.83. The monoisotopic (exact) mass is 259 g/mol. The lowest BCUT2D eigenvalue weighted by Crippen LogP contribution is -2.11. The standard InChI is InChI=1S/C13H17N5O/c1-8(9-3-4-9)18-13(15-16-17-18)11-6-5-10(14)7-12(11)19-2/h5-9H,3-4,14H2,1-2H3. The van der Waals surface area contributed by atoms with Crippen LogP contribution in [0, 0.1) is 5.92 Å². The van der Waals surface area contributed by atoms with Crippen LogP contribution in [0.4, 0.5) is 5.69 Å². The van der Waals surface area contributed by atoms with Crippen LogP contribution >= 0.6 is 0 Å². The lowest BCUT2D eigenvalue weighted by Gasteiger charge is -2.14. The van der Waals surface area contributed by atoms with Crippen molar-refractivity contribution in [1.29, 1.82) is 0 Å². The van der Waals surface area contributed by atoms with E-state index in [1.54, 1.807) is 13.2 Å². The van der Waals surface area contributed by atoms with Crippen LogP contribution in [0.25, 0.3) is 11.4 Å². The molecule has 0 spiro atoms. The molecule has 0 aliphatic heterocycles. The van der Waals surface area contributed by atoms with Crippen LogP contribution in [0.2, 0.25) is 0 Å². The van der Waals surface area contributed by atoms with Crippen LogP contribution in [0.3, 0.4) is 0 Å². The zero-order valence-corrected chi connectivity index (χ0v) is 11.1. The van der Waals surface area contributed by atoms with Crippen LogP contribution in [-0.2, 0) is 0 Å². The van der Waals surface area contributed by atoms with E-state index in [0.717, 1.165) is 11.4 Å². The zero-order valence-electron chi connectivity index (χ0n) is 11.1. The number of anilines is 1. The van der Waals surface area contributed by atoms with Gasteiger partial charge in [0.1, 0.15) is 5.75 Å². The largest absolute Gasteiger partial charge is 0.496 e. The van der Waals surface area contributed by atoms with Crippen LogP contribution in [-0.4, -0.2) is 27.3 Å². The quantitative estimate of drug-likeness (QED) is 0.848. The molecule has 1 aromatic heterocycles. The molecule has 2 N–H and O–H groups in total. The van der Waals surface area contributed by atoms with E-state index in [1.165, 1.54) is 12.8 Å². The summed E-state index contributed by atoms with van der Waals surface area (Å²) in [7, 11) is 1.62. The van der Waals surface area contributed by atoms with Gasteiger partial charge in [-0.05, 0) is 48.2 Å². The molecule has 2 aromatic rings. The third-order valence-corrected chi connectivity index (χ3v) is 3.65. The Hall–Kier alpha value is -2.11. The van der Waals surface area contributed by atoms with E-state index >= 15 is 0 Å². The van der Waals surface area contributed by atoms with E-state index < -0.39 is 0 Å². The Morgan fingerprint density at radius 3 is 2.89 bits per heavy atom. The summed E-state index contributed by atoms with van der Waals surface area (Å²) >= 11 is 0. The van der Waals surface area contributed by atoms with E-state index in [0.29, 0.717) is 23.4 Å². The first-order valence-electron chi connectivity index (χ1n) is 6.42. The van der Waals surface area contributed by atoms with Crippen molar-refractivity contribution < 1.29 is 4.74 Å². The summed E-state index contributed by atoms with van der Waals surface area (Å²) in [5.74, 6) is 2.11. The molecular weight excluding hydrogens is 242 g/mol. The highest BCUT2D eigenvalue weighted by Gasteiger charge is 2.32. The molecule has 1 aromatic carbocycles. The van der Waals surface area contributed by atoms with Crippen LogP contribution in [0.5, 0.6) is 5.75 Å². The molecule has 0 radical (unpaired) electrons. The number of hydrogen-bond acceptors (Lipinski definition) is 5. The van der Waals surface area contributed by atoms with Crippen molar-refractivity contribution in [2.75, 3.05) is 12.8 Å². The Morgan fingerprint density at radius 1 is 1.42 bits per heavy atom. The van der Waals surface area contributed by atoms with Gasteiger partial charge in [-0.3, -0.25) is 0 Å². The number of nitrogens with two attached hydrogens (primary N) is 1. The fraction of sp³-hybridized carbons (Fsp3) is 0.462. The summed E-state index contributed by atoms with van der Waals surface area (Å²) in [6.45, 7) is 2.15. The summed E-state index contributed by atoms with van der Waals surface area (Å²) < 4.78 is 7.25. The number of hydrogen-bond donors (Lipinski definition) is 1. The van der Waals surface area contributed by atoms with E-state index in [2.05, 4.69) is 22.4 Å². The number of nitrogen functional groups attached to an aromatic ring is 1. The molecule has 0 bridgehead atoms. The van der Waals surface area contributed by atoms with Crippen molar-refractivity contribution in [1.82, 2.24) is 20.2 Å². The third-order valence-electron chi connectivity index (χ3n) is 3.65. The lowest BCUT2D eigenvalue weighted by atomic mass is 10.1. The van der Waals surface area contributed by atoms with Crippen LogP contribution < -0.4 is 10.5 Å². The van der Waals surface area contributed by atoms with Gasteiger partial charge in [0, 0.05) is 11.8 Å². The van der Waals surface area contributed by atoms with Gasteiger partial charge in [-0.1, -0.05) is 0 Å². The van der Waals surface area contributed by atoms with Crippen LogP contribution in [0.1, 0.15) is 25.8 Å². The molecule has 19 heavy (non-hydrogen) atoms. The van der Waals surface area contributed by atoms with E-state index in [9.17, 15) is 0 Å². The Labute approximate surface area is 111 Å². The average Bonchev–Trinajstić information content (AvgIpc) is 3.15. The van der Waals surface area contributed by atoms with Gasteiger partial charge in [0.15, 0.2) is 5.82 Å². The van der Waals surface area contributed by atoms with Gasteiger partial charge in [-0.2, -0.15) is 0 Å². The number of rotatable bonds is 4. The van der Waals surface area contributed by atoms with Gasteiger partial charge < -0.3 is 10.5 Å². The predicted octanol–water partition coefficient (Wildman–Crippen LogP) is 1.90. The first kappa shape index (κ1) is 12.0. The Bertz CT molecular complexity index is 590. The number of benzene rings is 1.